The van der Waals surface area contributed by atoms with Crippen LogP contribution in [0.25, 0.3) is 0 Å². The predicted octanol–water partition coefficient (Wildman–Crippen LogP) is 8.11. The maximum atomic E-state index is 15.2. The van der Waals surface area contributed by atoms with Crippen LogP contribution in [-0.2, 0) is 25.3 Å². The maximum Gasteiger partial charge on any atom is 0.410 e. The van der Waals surface area contributed by atoms with E-state index in [0.717, 1.165) is 21.5 Å². The highest BCUT2D eigenvalue weighted by atomic mass is 31.2. The van der Waals surface area contributed by atoms with Crippen molar-refractivity contribution in [3.05, 3.63) is 139 Å². The molecule has 0 spiro atoms. The van der Waals surface area contributed by atoms with Gasteiger partial charge in [0.05, 0.1) is 30.0 Å². The van der Waals surface area contributed by atoms with Crippen LogP contribution in [0.1, 0.15) is 62.9 Å². The molecular formula is C47H55N2O6PSi. The predicted molar refractivity (Wildman–Crippen MR) is 234 cm³/mol. The summed E-state index contributed by atoms with van der Waals surface area (Å²) in [4.78, 5) is 60.3. The highest BCUT2D eigenvalue weighted by Gasteiger charge is 2.56. The van der Waals surface area contributed by atoms with Crippen molar-refractivity contribution in [1.82, 2.24) is 9.80 Å². The van der Waals surface area contributed by atoms with Crippen molar-refractivity contribution in [2.75, 3.05) is 13.2 Å². The first kappa shape index (κ1) is 41.8. The SMILES string of the molecule is C=CCCC(=O)C(N1C(=O)[C@H]([C@@H](C)O[Si](C)(C)C(C)(C)C)[C@H]1CC(=O)c1ccc(CN2CCOC2=O)cc1)=P(c1ccccc1)(c1ccccc1)c1ccccc1. The van der Waals surface area contributed by atoms with E-state index < -0.39 is 33.3 Å². The fourth-order valence-corrected chi connectivity index (χ4v) is 13.7. The van der Waals surface area contributed by atoms with Crippen molar-refractivity contribution >= 4 is 60.1 Å². The monoisotopic (exact) mass is 802 g/mol. The molecule has 0 bridgehead atoms. The number of Topliss-reactive ketones (excluding diaryl/α,β-unsaturated/α-hetero) is 2. The van der Waals surface area contributed by atoms with E-state index >= 15 is 9.59 Å². The molecule has 0 aromatic heterocycles. The average Bonchev–Trinajstić information content (AvgIpc) is 3.60. The number of hydrogen-bond acceptors (Lipinski definition) is 6. The quantitative estimate of drug-likeness (QED) is 0.0374. The molecule has 4 aromatic rings. The van der Waals surface area contributed by atoms with Crippen molar-refractivity contribution in [1.29, 1.82) is 0 Å². The standard InChI is InChI=1S/C47H55N2O6PSi/c1-8-9-25-41(50)45(56(37-19-13-10-14-20-37,38-21-15-11-16-22-38)39-23-17-12-18-24-39)49-40(43(44(49)52)34(2)55-57(6,7)47(3,4)5)32-42(51)36-28-26-35(27-29-36)33-48-30-31-54-46(48)53/h8,10-24,26-29,34,40,43H,1,9,25,30-33H2,2-7H3/t34-,40-,43-/m1/s1. The summed E-state index contributed by atoms with van der Waals surface area (Å²) in [6.45, 7) is 14.9. The number of carbonyl (C=O) groups is 4. The van der Waals surface area contributed by atoms with E-state index in [1.54, 1.807) is 28.0 Å². The molecule has 8 nitrogen and oxygen atoms in total. The fourth-order valence-electron chi connectivity index (χ4n) is 7.77. The number of β-lactam (4-membered cyclic amide) rings is 1. The Morgan fingerprint density at radius 1 is 0.877 bits per heavy atom. The molecule has 0 unspecified atom stereocenters. The first-order valence-electron chi connectivity index (χ1n) is 19.8. The second-order valence-electron chi connectivity index (χ2n) is 16.5. The zero-order chi connectivity index (χ0) is 41.0. The van der Waals surface area contributed by atoms with E-state index in [1.807, 2.05) is 73.7 Å². The zero-order valence-corrected chi connectivity index (χ0v) is 35.9. The Morgan fingerprint density at radius 2 is 1.40 bits per heavy atom. The minimum Gasteiger partial charge on any atom is -0.448 e. The van der Waals surface area contributed by atoms with E-state index in [2.05, 4.69) is 76.8 Å². The Labute approximate surface area is 339 Å². The summed E-state index contributed by atoms with van der Waals surface area (Å²) in [6, 6.07) is 36.7. The van der Waals surface area contributed by atoms with Gasteiger partial charge in [0.25, 0.3) is 0 Å². The Hall–Kier alpha value is -4.82. The summed E-state index contributed by atoms with van der Waals surface area (Å²) in [7, 11) is -2.36. The minimum atomic E-state index is -3.07. The molecule has 6 rings (SSSR count). The van der Waals surface area contributed by atoms with Gasteiger partial charge in [-0.1, -0.05) is 142 Å². The summed E-state index contributed by atoms with van der Waals surface area (Å²) in [5.41, 5.74) is 1.81. The third-order valence-corrected chi connectivity index (χ3v) is 20.6. The normalized spacial score (nSPS) is 17.8. The molecule has 2 heterocycles. The van der Waals surface area contributed by atoms with Gasteiger partial charge in [-0.15, -0.1) is 6.58 Å². The molecule has 298 valence electrons. The van der Waals surface area contributed by atoms with Gasteiger partial charge < -0.3 is 19.0 Å². The number of allylic oxidation sites excluding steroid dienone is 1. The number of cyclic esters (lactones) is 1. The van der Waals surface area contributed by atoms with Gasteiger partial charge in [0.15, 0.2) is 19.9 Å². The number of amides is 2. The topological polar surface area (TPSA) is 93.2 Å². The number of ketones is 2. The molecular weight excluding hydrogens is 748 g/mol. The van der Waals surface area contributed by atoms with Gasteiger partial charge in [-0.05, 0) is 53.0 Å². The Morgan fingerprint density at radius 3 is 1.86 bits per heavy atom. The van der Waals surface area contributed by atoms with Crippen molar-refractivity contribution in [3.63, 3.8) is 0 Å². The largest absolute Gasteiger partial charge is 0.448 e. The summed E-state index contributed by atoms with van der Waals surface area (Å²) in [6.07, 6.45) is 1.47. The first-order valence-corrected chi connectivity index (χ1v) is 24.5. The molecule has 0 saturated carbocycles. The van der Waals surface area contributed by atoms with Crippen LogP contribution in [0.15, 0.2) is 128 Å². The molecule has 10 heteroatoms. The van der Waals surface area contributed by atoms with Gasteiger partial charge in [0, 0.05) is 31.8 Å². The summed E-state index contributed by atoms with van der Waals surface area (Å²) < 4.78 is 12.0. The van der Waals surface area contributed by atoms with Crippen LogP contribution < -0.4 is 15.9 Å². The maximum absolute atomic E-state index is 15.2. The molecule has 3 atom stereocenters. The van der Waals surface area contributed by atoms with Crippen LogP contribution in [0, 0.1) is 5.92 Å². The van der Waals surface area contributed by atoms with Crippen molar-refractivity contribution < 1.29 is 28.3 Å². The Kier molecular flexibility index (Phi) is 12.7. The lowest BCUT2D eigenvalue weighted by atomic mass is 9.79. The lowest BCUT2D eigenvalue weighted by Gasteiger charge is -2.53. The number of hydrogen-bond donors (Lipinski definition) is 0. The van der Waals surface area contributed by atoms with Crippen molar-refractivity contribution in [2.24, 2.45) is 5.92 Å². The molecule has 0 aliphatic carbocycles. The lowest BCUT2D eigenvalue weighted by molar-refractivity contribution is -0.154. The van der Waals surface area contributed by atoms with Gasteiger partial charge in [-0.25, -0.2) is 4.79 Å². The van der Waals surface area contributed by atoms with Crippen LogP contribution in [0.5, 0.6) is 0 Å². The number of benzene rings is 4. The Balaban J connectivity index is 1.55. The van der Waals surface area contributed by atoms with Crippen LogP contribution in [0.4, 0.5) is 4.79 Å². The molecule has 0 N–H and O–H groups in total. The van der Waals surface area contributed by atoms with E-state index in [0.29, 0.717) is 37.1 Å². The van der Waals surface area contributed by atoms with Crippen molar-refractivity contribution in [3.8, 4) is 0 Å². The molecule has 0 radical (unpaired) electrons. The number of likely N-dealkylation sites (tertiary alicyclic amines) is 1. The number of ether oxygens (including phenoxy) is 1. The summed E-state index contributed by atoms with van der Waals surface area (Å²) in [5, 5.41) is 2.70. The molecule has 2 amide bonds. The highest BCUT2D eigenvalue weighted by molar-refractivity contribution is 7.96. The number of nitrogens with zero attached hydrogens (tertiary/aromatic N) is 2. The zero-order valence-electron chi connectivity index (χ0n) is 34.0. The molecule has 2 aliphatic rings. The van der Waals surface area contributed by atoms with Crippen LogP contribution >= 0.6 is 6.89 Å². The second-order valence-corrected chi connectivity index (χ2v) is 24.6. The van der Waals surface area contributed by atoms with Crippen LogP contribution in [0.2, 0.25) is 18.1 Å². The van der Waals surface area contributed by atoms with Gasteiger partial charge in [-0.3, -0.25) is 14.4 Å². The fraction of sp³-hybridized carbons (Fsp3) is 0.340. The molecule has 2 fully saturated rings. The number of rotatable bonds is 16. The Bertz CT molecular complexity index is 2050. The van der Waals surface area contributed by atoms with Gasteiger partial charge in [0.1, 0.15) is 6.61 Å². The lowest BCUT2D eigenvalue weighted by Crippen LogP contribution is -2.69. The third-order valence-electron chi connectivity index (χ3n) is 11.8. The van der Waals surface area contributed by atoms with Crippen molar-refractivity contribution in [2.45, 2.75) is 83.8 Å². The third kappa shape index (κ3) is 8.43. The average molecular weight is 803 g/mol. The van der Waals surface area contributed by atoms with E-state index in [1.165, 1.54) is 0 Å². The summed E-state index contributed by atoms with van der Waals surface area (Å²) in [5.74, 6) is -1.15. The molecule has 57 heavy (non-hydrogen) atoms. The minimum absolute atomic E-state index is 0.00395. The molecule has 4 aromatic carbocycles. The second kappa shape index (κ2) is 17.4. The van der Waals surface area contributed by atoms with Gasteiger partial charge in [-0.2, -0.15) is 0 Å². The first-order chi connectivity index (χ1) is 27.2. The van der Waals surface area contributed by atoms with Crippen LogP contribution in [0.3, 0.4) is 0 Å². The van der Waals surface area contributed by atoms with E-state index in [9.17, 15) is 9.59 Å². The van der Waals surface area contributed by atoms with E-state index in [4.69, 9.17) is 9.16 Å². The van der Waals surface area contributed by atoms with E-state index in [-0.39, 0.29) is 41.4 Å². The number of carbonyl (C=O) groups excluding carboxylic acids is 4. The highest BCUT2D eigenvalue weighted by Crippen LogP contribution is 2.51. The molecule has 2 saturated heterocycles. The van der Waals surface area contributed by atoms with Gasteiger partial charge >= 0.3 is 6.09 Å². The van der Waals surface area contributed by atoms with Gasteiger partial charge in [0.2, 0.25) is 5.91 Å². The summed E-state index contributed by atoms with van der Waals surface area (Å²) >= 11 is 0. The smallest absolute Gasteiger partial charge is 0.410 e. The molecule has 2 aliphatic heterocycles. The van der Waals surface area contributed by atoms with Crippen LogP contribution in [-0.4, -0.2) is 72.4 Å².